The van der Waals surface area contributed by atoms with Crippen LogP contribution < -0.4 is 5.32 Å². The van der Waals surface area contributed by atoms with Crippen LogP contribution in [0.2, 0.25) is 0 Å². The first-order valence-electron chi connectivity index (χ1n) is 9.40. The molecule has 0 radical (unpaired) electrons. The number of benzene rings is 2. The van der Waals surface area contributed by atoms with Gasteiger partial charge >= 0.3 is 0 Å². The van der Waals surface area contributed by atoms with Crippen molar-refractivity contribution >= 4 is 33.5 Å². The molecule has 28 heavy (non-hydrogen) atoms. The largest absolute Gasteiger partial charge is 0.341 e. The van der Waals surface area contributed by atoms with Gasteiger partial charge in [-0.05, 0) is 44.0 Å². The molecule has 2 amide bonds. The molecule has 1 atom stereocenters. The van der Waals surface area contributed by atoms with E-state index in [0.717, 1.165) is 10.0 Å². The molecule has 1 N–H and O–H groups in total. The van der Waals surface area contributed by atoms with E-state index in [4.69, 9.17) is 0 Å². The Bertz CT molecular complexity index is 844. The second-order valence-corrected chi connectivity index (χ2v) is 7.95. The first kappa shape index (κ1) is 20.3. The first-order chi connectivity index (χ1) is 13.5. The highest BCUT2D eigenvalue weighted by Crippen LogP contribution is 2.22. The van der Waals surface area contributed by atoms with E-state index in [-0.39, 0.29) is 23.5 Å². The third kappa shape index (κ3) is 4.87. The van der Waals surface area contributed by atoms with Crippen LogP contribution in [0.15, 0.2) is 59.1 Å². The normalized spacial score (nSPS) is 15.7. The van der Waals surface area contributed by atoms with Gasteiger partial charge in [-0.25, -0.2) is 0 Å². The predicted octanol–water partition coefficient (Wildman–Crippen LogP) is 3.69. The average Bonchev–Trinajstić information content (AvgIpc) is 2.73. The van der Waals surface area contributed by atoms with Crippen LogP contribution in [-0.2, 0) is 4.79 Å². The molecule has 1 saturated heterocycles. The molecule has 0 aromatic heterocycles. The molecule has 146 valence electrons. The fraction of sp³-hybridized carbons (Fsp3) is 0.318. The minimum atomic E-state index is -0.613. The summed E-state index contributed by atoms with van der Waals surface area (Å²) in [6.45, 7) is 2.75. The number of carbonyl (C=O) groups excluding carboxylic acids is 3. The summed E-state index contributed by atoms with van der Waals surface area (Å²) in [4.78, 5) is 39.3. The zero-order chi connectivity index (χ0) is 20.1. The Balaban J connectivity index is 1.52. The molecule has 0 spiro atoms. The van der Waals surface area contributed by atoms with Crippen LogP contribution in [0, 0.1) is 5.92 Å². The van der Waals surface area contributed by atoms with Gasteiger partial charge in [-0.2, -0.15) is 0 Å². The van der Waals surface area contributed by atoms with Gasteiger partial charge in [0.2, 0.25) is 5.91 Å². The van der Waals surface area contributed by atoms with E-state index in [1.165, 1.54) is 0 Å². The lowest BCUT2D eigenvalue weighted by Crippen LogP contribution is -2.49. The Labute approximate surface area is 173 Å². The SMILES string of the molecule is C[C@H](NC(=O)c1ccc(Br)cc1)C(=O)N1CCC(C(=O)c2ccccc2)CC1. The third-order valence-corrected chi connectivity index (χ3v) is 5.59. The highest BCUT2D eigenvalue weighted by Gasteiger charge is 2.30. The van der Waals surface area contributed by atoms with Crippen molar-refractivity contribution in [3.05, 3.63) is 70.2 Å². The topological polar surface area (TPSA) is 66.5 Å². The van der Waals surface area contributed by atoms with Crippen LogP contribution in [0.1, 0.15) is 40.5 Å². The molecule has 0 aliphatic carbocycles. The van der Waals surface area contributed by atoms with E-state index < -0.39 is 6.04 Å². The maximum absolute atomic E-state index is 12.7. The summed E-state index contributed by atoms with van der Waals surface area (Å²) in [6, 6.07) is 15.7. The molecule has 1 fully saturated rings. The van der Waals surface area contributed by atoms with Crippen LogP contribution in [0.3, 0.4) is 0 Å². The highest BCUT2D eigenvalue weighted by atomic mass is 79.9. The van der Waals surface area contributed by atoms with E-state index in [1.54, 1.807) is 36.1 Å². The molecule has 1 aliphatic heterocycles. The van der Waals surface area contributed by atoms with Crippen molar-refractivity contribution in [3.63, 3.8) is 0 Å². The van der Waals surface area contributed by atoms with Crippen molar-refractivity contribution in [3.8, 4) is 0 Å². The van der Waals surface area contributed by atoms with E-state index in [2.05, 4.69) is 21.2 Å². The van der Waals surface area contributed by atoms with Gasteiger partial charge in [0.05, 0.1) is 0 Å². The van der Waals surface area contributed by atoms with Crippen molar-refractivity contribution < 1.29 is 14.4 Å². The minimum absolute atomic E-state index is 0.0564. The zero-order valence-electron chi connectivity index (χ0n) is 15.7. The van der Waals surface area contributed by atoms with Gasteiger partial charge in [0, 0.05) is 34.6 Å². The van der Waals surface area contributed by atoms with Crippen LogP contribution in [0.25, 0.3) is 0 Å². The Hall–Kier alpha value is -2.47. The predicted molar refractivity (Wildman–Crippen MR) is 111 cm³/mol. The van der Waals surface area contributed by atoms with Gasteiger partial charge in [-0.1, -0.05) is 46.3 Å². The molecular formula is C22H23BrN2O3. The molecule has 1 heterocycles. The lowest BCUT2D eigenvalue weighted by molar-refractivity contribution is -0.134. The fourth-order valence-electron chi connectivity index (χ4n) is 3.42. The standard InChI is InChI=1S/C22H23BrN2O3/c1-15(24-21(27)18-7-9-19(23)10-8-18)22(28)25-13-11-17(12-14-25)20(26)16-5-3-2-4-6-16/h2-10,15,17H,11-14H2,1H3,(H,24,27)/t15-/m0/s1. The van der Waals surface area contributed by atoms with Gasteiger partial charge < -0.3 is 10.2 Å². The number of nitrogens with zero attached hydrogens (tertiary/aromatic N) is 1. The zero-order valence-corrected chi connectivity index (χ0v) is 17.3. The van der Waals surface area contributed by atoms with Gasteiger partial charge in [-0.15, -0.1) is 0 Å². The molecule has 2 aromatic rings. The summed E-state index contributed by atoms with van der Waals surface area (Å²) in [5, 5.41) is 2.76. The summed E-state index contributed by atoms with van der Waals surface area (Å²) < 4.78 is 0.890. The fourth-order valence-corrected chi connectivity index (χ4v) is 3.68. The number of ketones is 1. The van der Waals surface area contributed by atoms with Gasteiger partial charge in [0.1, 0.15) is 6.04 Å². The molecule has 0 bridgehead atoms. The summed E-state index contributed by atoms with van der Waals surface area (Å²) in [6.07, 6.45) is 1.29. The number of nitrogens with one attached hydrogen (secondary N) is 1. The maximum atomic E-state index is 12.7. The molecule has 6 heteroatoms. The lowest BCUT2D eigenvalue weighted by Gasteiger charge is -2.33. The molecule has 0 unspecified atom stereocenters. The average molecular weight is 443 g/mol. The Morgan fingerprint density at radius 3 is 2.18 bits per heavy atom. The molecule has 0 saturated carbocycles. The van der Waals surface area contributed by atoms with Crippen molar-refractivity contribution in [1.29, 1.82) is 0 Å². The van der Waals surface area contributed by atoms with Crippen molar-refractivity contribution in [1.82, 2.24) is 10.2 Å². The van der Waals surface area contributed by atoms with Gasteiger partial charge in [-0.3, -0.25) is 14.4 Å². The van der Waals surface area contributed by atoms with Crippen molar-refractivity contribution in [2.75, 3.05) is 13.1 Å². The highest BCUT2D eigenvalue weighted by molar-refractivity contribution is 9.10. The van der Waals surface area contributed by atoms with E-state index in [9.17, 15) is 14.4 Å². The molecule has 3 rings (SSSR count). The summed E-state index contributed by atoms with van der Waals surface area (Å²) in [5.74, 6) is -0.304. The van der Waals surface area contributed by atoms with E-state index in [0.29, 0.717) is 31.5 Å². The third-order valence-electron chi connectivity index (χ3n) is 5.06. The van der Waals surface area contributed by atoms with Crippen LogP contribution in [0.4, 0.5) is 0 Å². The number of halogens is 1. The molecule has 2 aromatic carbocycles. The van der Waals surface area contributed by atoms with Gasteiger partial charge in [0.15, 0.2) is 5.78 Å². The minimum Gasteiger partial charge on any atom is -0.341 e. The maximum Gasteiger partial charge on any atom is 0.251 e. The summed E-state index contributed by atoms with van der Waals surface area (Å²) in [7, 11) is 0. The number of hydrogen-bond acceptors (Lipinski definition) is 3. The van der Waals surface area contributed by atoms with Crippen LogP contribution in [-0.4, -0.2) is 41.6 Å². The molecule has 5 nitrogen and oxygen atoms in total. The number of carbonyl (C=O) groups is 3. The number of likely N-dealkylation sites (tertiary alicyclic amines) is 1. The molecular weight excluding hydrogens is 420 g/mol. The van der Waals surface area contributed by atoms with Crippen LogP contribution >= 0.6 is 15.9 Å². The number of Topliss-reactive ketones (excluding diaryl/α,β-unsaturated/α-hetero) is 1. The Morgan fingerprint density at radius 1 is 0.964 bits per heavy atom. The summed E-state index contributed by atoms with van der Waals surface area (Å²) >= 11 is 3.33. The second-order valence-electron chi connectivity index (χ2n) is 7.03. The van der Waals surface area contributed by atoms with E-state index >= 15 is 0 Å². The Kier molecular flexibility index (Phi) is 6.62. The number of hydrogen-bond donors (Lipinski definition) is 1. The number of rotatable bonds is 5. The smallest absolute Gasteiger partial charge is 0.251 e. The van der Waals surface area contributed by atoms with Gasteiger partial charge in [0.25, 0.3) is 5.91 Å². The Morgan fingerprint density at radius 2 is 1.57 bits per heavy atom. The first-order valence-corrected chi connectivity index (χ1v) is 10.2. The van der Waals surface area contributed by atoms with Crippen molar-refractivity contribution in [2.24, 2.45) is 5.92 Å². The quantitative estimate of drug-likeness (QED) is 0.717. The monoisotopic (exact) mass is 442 g/mol. The number of piperidine rings is 1. The van der Waals surface area contributed by atoms with Crippen LogP contribution in [0.5, 0.6) is 0 Å². The molecule has 1 aliphatic rings. The lowest BCUT2D eigenvalue weighted by atomic mass is 9.88. The number of amides is 2. The van der Waals surface area contributed by atoms with Crippen molar-refractivity contribution in [2.45, 2.75) is 25.8 Å². The summed E-state index contributed by atoms with van der Waals surface area (Å²) in [5.41, 5.74) is 1.23. The van der Waals surface area contributed by atoms with E-state index in [1.807, 2.05) is 30.3 Å². The second kappa shape index (κ2) is 9.15.